The molecule has 0 atom stereocenters. The summed E-state index contributed by atoms with van der Waals surface area (Å²) in [4.78, 5) is 2.25. The number of likely N-dealkylation sites (N-methyl/N-ethyl adjacent to an activating group) is 1. The highest BCUT2D eigenvalue weighted by Gasteiger charge is 2.00. The summed E-state index contributed by atoms with van der Waals surface area (Å²) in [7, 11) is 3.82. The van der Waals surface area contributed by atoms with Crippen LogP contribution in [0.1, 0.15) is 5.56 Å². The van der Waals surface area contributed by atoms with E-state index in [1.54, 1.807) is 19.6 Å². The van der Waals surface area contributed by atoms with Gasteiger partial charge < -0.3 is 19.4 Å². The lowest BCUT2D eigenvalue weighted by atomic mass is 10.3. The molecule has 0 aromatic carbocycles. The Balaban J connectivity index is 2.01. The fraction of sp³-hybridized carbons (Fsp3) is 0.636. The van der Waals surface area contributed by atoms with E-state index in [0.717, 1.165) is 32.8 Å². The summed E-state index contributed by atoms with van der Waals surface area (Å²) in [6.45, 7) is 4.62. The van der Waals surface area contributed by atoms with Crippen molar-refractivity contribution in [1.82, 2.24) is 10.2 Å². The number of hydrogen-bond acceptors (Lipinski definition) is 4. The van der Waals surface area contributed by atoms with E-state index in [1.807, 2.05) is 6.07 Å². The molecule has 0 saturated carbocycles. The molecular weight excluding hydrogens is 192 g/mol. The minimum Gasteiger partial charge on any atom is -0.472 e. The summed E-state index contributed by atoms with van der Waals surface area (Å²) >= 11 is 0. The molecule has 4 nitrogen and oxygen atoms in total. The topological polar surface area (TPSA) is 37.6 Å². The lowest BCUT2D eigenvalue weighted by Crippen LogP contribution is -2.30. The van der Waals surface area contributed by atoms with E-state index >= 15 is 0 Å². The van der Waals surface area contributed by atoms with Gasteiger partial charge in [-0.05, 0) is 13.1 Å². The molecule has 1 N–H and O–H groups in total. The molecule has 0 aliphatic carbocycles. The number of methoxy groups -OCH3 is 1. The van der Waals surface area contributed by atoms with Crippen LogP contribution in [0.2, 0.25) is 0 Å². The summed E-state index contributed by atoms with van der Waals surface area (Å²) in [5.74, 6) is 0. The predicted molar refractivity (Wildman–Crippen MR) is 59.8 cm³/mol. The fourth-order valence-corrected chi connectivity index (χ4v) is 1.34. The second-order valence-electron chi connectivity index (χ2n) is 3.61. The van der Waals surface area contributed by atoms with Gasteiger partial charge in [0.15, 0.2) is 0 Å². The Morgan fingerprint density at radius 2 is 2.33 bits per heavy atom. The molecule has 15 heavy (non-hydrogen) atoms. The summed E-state index contributed by atoms with van der Waals surface area (Å²) in [5, 5.41) is 3.31. The quantitative estimate of drug-likeness (QED) is 0.651. The van der Waals surface area contributed by atoms with Gasteiger partial charge in [-0.2, -0.15) is 0 Å². The van der Waals surface area contributed by atoms with Crippen LogP contribution in [0.4, 0.5) is 0 Å². The van der Waals surface area contributed by atoms with Gasteiger partial charge in [-0.3, -0.25) is 0 Å². The van der Waals surface area contributed by atoms with Crippen LogP contribution in [0, 0.1) is 0 Å². The van der Waals surface area contributed by atoms with E-state index in [9.17, 15) is 0 Å². The van der Waals surface area contributed by atoms with Crippen molar-refractivity contribution in [2.75, 3.05) is 40.4 Å². The van der Waals surface area contributed by atoms with Crippen LogP contribution in [-0.2, 0) is 11.3 Å². The van der Waals surface area contributed by atoms with Crippen molar-refractivity contribution in [3.8, 4) is 0 Å². The number of hydrogen-bond donors (Lipinski definition) is 1. The highest BCUT2D eigenvalue weighted by molar-refractivity contribution is 5.04. The molecule has 1 rings (SSSR count). The van der Waals surface area contributed by atoms with Crippen LogP contribution in [0.3, 0.4) is 0 Å². The zero-order chi connectivity index (χ0) is 10.9. The Labute approximate surface area is 91.2 Å². The van der Waals surface area contributed by atoms with Crippen LogP contribution in [-0.4, -0.2) is 45.3 Å². The molecule has 0 unspecified atom stereocenters. The van der Waals surface area contributed by atoms with Crippen LogP contribution in [0.25, 0.3) is 0 Å². The Morgan fingerprint density at radius 1 is 1.47 bits per heavy atom. The highest BCUT2D eigenvalue weighted by Crippen LogP contribution is 2.02. The molecule has 0 bridgehead atoms. The van der Waals surface area contributed by atoms with Crippen LogP contribution in [0.5, 0.6) is 0 Å². The third kappa shape index (κ3) is 5.57. The van der Waals surface area contributed by atoms with E-state index < -0.39 is 0 Å². The molecule has 0 radical (unpaired) electrons. The maximum Gasteiger partial charge on any atom is 0.0947 e. The van der Waals surface area contributed by atoms with Crippen molar-refractivity contribution in [2.24, 2.45) is 0 Å². The first kappa shape index (κ1) is 12.2. The molecule has 4 heteroatoms. The Kier molecular flexibility index (Phi) is 6.08. The lowest BCUT2D eigenvalue weighted by Gasteiger charge is -2.15. The molecule has 0 amide bonds. The van der Waals surface area contributed by atoms with Crippen molar-refractivity contribution in [1.29, 1.82) is 0 Å². The van der Waals surface area contributed by atoms with Crippen molar-refractivity contribution in [3.63, 3.8) is 0 Å². The van der Waals surface area contributed by atoms with Crippen molar-refractivity contribution >= 4 is 0 Å². The molecule has 0 spiro atoms. The Morgan fingerprint density at radius 3 is 3.00 bits per heavy atom. The zero-order valence-corrected chi connectivity index (χ0v) is 9.53. The predicted octanol–water partition coefficient (Wildman–Crippen LogP) is 0.947. The average molecular weight is 212 g/mol. The molecule has 1 aromatic rings. The number of ether oxygens (including phenoxy) is 1. The molecule has 0 aliphatic heterocycles. The summed E-state index contributed by atoms with van der Waals surface area (Å²) in [6, 6.07) is 1.99. The minimum atomic E-state index is 0.769. The van der Waals surface area contributed by atoms with E-state index in [2.05, 4.69) is 17.3 Å². The second-order valence-corrected chi connectivity index (χ2v) is 3.61. The van der Waals surface area contributed by atoms with E-state index in [0.29, 0.717) is 0 Å². The number of rotatable bonds is 8. The molecule has 1 aromatic heterocycles. The fourth-order valence-electron chi connectivity index (χ4n) is 1.34. The molecule has 86 valence electrons. The molecule has 0 fully saturated rings. The van der Waals surface area contributed by atoms with Crippen LogP contribution >= 0.6 is 0 Å². The first-order valence-electron chi connectivity index (χ1n) is 5.22. The maximum atomic E-state index is 5.01. The van der Waals surface area contributed by atoms with Gasteiger partial charge in [-0.25, -0.2) is 0 Å². The smallest absolute Gasteiger partial charge is 0.0947 e. The number of nitrogens with zero attached hydrogens (tertiary/aromatic N) is 1. The van der Waals surface area contributed by atoms with Gasteiger partial charge in [-0.15, -0.1) is 0 Å². The summed E-state index contributed by atoms with van der Waals surface area (Å²) < 4.78 is 9.96. The largest absolute Gasteiger partial charge is 0.472 e. The monoisotopic (exact) mass is 212 g/mol. The van der Waals surface area contributed by atoms with Crippen LogP contribution in [0.15, 0.2) is 23.0 Å². The van der Waals surface area contributed by atoms with E-state index in [-0.39, 0.29) is 0 Å². The molecule has 0 saturated heterocycles. The van der Waals surface area contributed by atoms with Gasteiger partial charge in [0, 0.05) is 38.9 Å². The van der Waals surface area contributed by atoms with Crippen LogP contribution < -0.4 is 5.32 Å². The standard InChI is InChI=1S/C11H20N2O2/c1-13(6-4-12-5-8-14-2)9-11-3-7-15-10-11/h3,7,10,12H,4-6,8-9H2,1-2H3. The second kappa shape index (κ2) is 7.45. The Bertz CT molecular complexity index is 237. The van der Waals surface area contributed by atoms with Gasteiger partial charge in [-0.1, -0.05) is 0 Å². The number of nitrogens with one attached hydrogen (secondary N) is 1. The lowest BCUT2D eigenvalue weighted by molar-refractivity contribution is 0.197. The summed E-state index contributed by atoms with van der Waals surface area (Å²) in [6.07, 6.45) is 3.49. The normalized spacial score (nSPS) is 11.1. The first-order valence-corrected chi connectivity index (χ1v) is 5.22. The van der Waals surface area contributed by atoms with Gasteiger partial charge in [0.05, 0.1) is 19.1 Å². The van der Waals surface area contributed by atoms with Gasteiger partial charge in [0.2, 0.25) is 0 Å². The van der Waals surface area contributed by atoms with Gasteiger partial charge in [0.25, 0.3) is 0 Å². The zero-order valence-electron chi connectivity index (χ0n) is 9.53. The van der Waals surface area contributed by atoms with Gasteiger partial charge >= 0.3 is 0 Å². The maximum absolute atomic E-state index is 5.01. The van der Waals surface area contributed by atoms with Crippen molar-refractivity contribution < 1.29 is 9.15 Å². The van der Waals surface area contributed by atoms with E-state index in [1.165, 1.54) is 5.56 Å². The summed E-state index contributed by atoms with van der Waals surface area (Å²) in [5.41, 5.74) is 1.22. The SMILES string of the molecule is COCCNCCN(C)Cc1ccoc1. The number of furan rings is 1. The molecule has 1 heterocycles. The minimum absolute atomic E-state index is 0.769. The van der Waals surface area contributed by atoms with Crippen molar-refractivity contribution in [2.45, 2.75) is 6.54 Å². The third-order valence-corrected chi connectivity index (χ3v) is 2.19. The highest BCUT2D eigenvalue weighted by atomic mass is 16.5. The average Bonchev–Trinajstić information content (AvgIpc) is 2.70. The van der Waals surface area contributed by atoms with Crippen molar-refractivity contribution in [3.05, 3.63) is 24.2 Å². The third-order valence-electron chi connectivity index (χ3n) is 2.19. The molecule has 0 aliphatic rings. The molecular formula is C11H20N2O2. The van der Waals surface area contributed by atoms with Gasteiger partial charge in [0.1, 0.15) is 0 Å². The first-order chi connectivity index (χ1) is 7.33. The Hall–Kier alpha value is -0.840. The van der Waals surface area contributed by atoms with E-state index in [4.69, 9.17) is 9.15 Å².